The Labute approximate surface area is 163 Å². The Balaban J connectivity index is 0.000000151. The third-order valence-electron chi connectivity index (χ3n) is 3.61. The van der Waals surface area contributed by atoms with Gasteiger partial charge in [-0.05, 0) is 55.5 Å². The lowest BCUT2D eigenvalue weighted by atomic mass is 10.2. The Hall–Kier alpha value is -3.93. The number of anilines is 1. The number of carboxylic acids is 1. The Morgan fingerprint density at radius 3 is 2.18 bits per heavy atom. The van der Waals surface area contributed by atoms with Gasteiger partial charge in [0, 0.05) is 17.5 Å². The lowest BCUT2D eigenvalue weighted by Gasteiger charge is -2.11. The minimum atomic E-state index is -0.986. The van der Waals surface area contributed by atoms with Crippen LogP contribution < -0.4 is 16.1 Å². The maximum Gasteiger partial charge on any atom is 0.335 e. The number of fused-ring (bicyclic) bond motifs is 1. The molecule has 0 saturated carbocycles. The summed E-state index contributed by atoms with van der Waals surface area (Å²) in [6.07, 6.45) is 3.74. The van der Waals surface area contributed by atoms with Crippen molar-refractivity contribution in [2.24, 2.45) is 0 Å². The third kappa shape index (κ3) is 6.76. The topological polar surface area (TPSA) is 105 Å². The van der Waals surface area contributed by atoms with E-state index in [1.165, 1.54) is 29.8 Å². The summed E-state index contributed by atoms with van der Waals surface area (Å²) in [6, 6.07) is 21.0. The summed E-state index contributed by atoms with van der Waals surface area (Å²) in [6.45, 7) is 2.04. The maximum atomic E-state index is 10.2. The SMILES string of the molecule is C1=Cc2ccccc2ON1.Cc1ccc(N)cc1.O=C(O)c1ccc(O)cc1. The Bertz CT molecular complexity index is 899. The van der Waals surface area contributed by atoms with E-state index >= 15 is 0 Å². The number of hydroxylamine groups is 1. The molecule has 6 nitrogen and oxygen atoms in total. The van der Waals surface area contributed by atoms with E-state index in [0.717, 1.165) is 17.0 Å². The van der Waals surface area contributed by atoms with Crippen LogP contribution in [-0.2, 0) is 0 Å². The number of nitrogen functional groups attached to an aromatic ring is 1. The normalized spacial score (nSPS) is 10.6. The molecule has 0 saturated heterocycles. The van der Waals surface area contributed by atoms with Crippen molar-refractivity contribution in [3.63, 3.8) is 0 Å². The van der Waals surface area contributed by atoms with Gasteiger partial charge in [0.15, 0.2) is 5.75 Å². The first-order valence-electron chi connectivity index (χ1n) is 8.48. The number of rotatable bonds is 1. The van der Waals surface area contributed by atoms with E-state index in [4.69, 9.17) is 20.8 Å². The van der Waals surface area contributed by atoms with Gasteiger partial charge in [0.2, 0.25) is 0 Å². The average molecular weight is 378 g/mol. The highest BCUT2D eigenvalue weighted by molar-refractivity contribution is 5.87. The van der Waals surface area contributed by atoms with Gasteiger partial charge in [-0.15, -0.1) is 0 Å². The number of nitrogens with two attached hydrogens (primary N) is 1. The summed E-state index contributed by atoms with van der Waals surface area (Å²) >= 11 is 0. The molecular weight excluding hydrogens is 356 g/mol. The van der Waals surface area contributed by atoms with Crippen LogP contribution in [0.4, 0.5) is 5.69 Å². The first-order valence-corrected chi connectivity index (χ1v) is 8.48. The second-order valence-corrected chi connectivity index (χ2v) is 5.85. The zero-order valence-corrected chi connectivity index (χ0v) is 15.4. The first kappa shape index (κ1) is 20.4. The largest absolute Gasteiger partial charge is 0.508 e. The third-order valence-corrected chi connectivity index (χ3v) is 3.61. The standard InChI is InChI=1S/C8H7NO.C7H9N.C7H6O3/c1-2-4-8-7(3-1)5-6-9-10-8;1-6-2-4-7(8)5-3-6;8-6-3-1-5(2-4-6)7(9)10/h1-6,9H;2-5H,8H2,1H3;1-4,8H,(H,9,10). The quantitative estimate of drug-likeness (QED) is 0.473. The van der Waals surface area contributed by atoms with Crippen molar-refractivity contribution in [3.8, 4) is 11.5 Å². The van der Waals surface area contributed by atoms with Crippen molar-refractivity contribution in [1.29, 1.82) is 0 Å². The van der Waals surface area contributed by atoms with E-state index in [9.17, 15) is 4.79 Å². The van der Waals surface area contributed by atoms with Crippen molar-refractivity contribution < 1.29 is 19.8 Å². The zero-order chi connectivity index (χ0) is 20.4. The van der Waals surface area contributed by atoms with Crippen molar-refractivity contribution >= 4 is 17.7 Å². The van der Waals surface area contributed by atoms with Crippen LogP contribution in [0.1, 0.15) is 21.5 Å². The van der Waals surface area contributed by atoms with Crippen molar-refractivity contribution in [2.45, 2.75) is 6.92 Å². The van der Waals surface area contributed by atoms with E-state index in [2.05, 4.69) is 5.48 Å². The molecule has 3 aromatic rings. The van der Waals surface area contributed by atoms with Gasteiger partial charge in [0.1, 0.15) is 5.75 Å². The number of carbonyl (C=O) groups is 1. The highest BCUT2D eigenvalue weighted by atomic mass is 16.6. The molecule has 1 aliphatic rings. The second kappa shape index (κ2) is 10.3. The molecule has 0 fully saturated rings. The van der Waals surface area contributed by atoms with Crippen LogP contribution in [0.25, 0.3) is 6.08 Å². The molecule has 0 aromatic heterocycles. The molecule has 6 heteroatoms. The van der Waals surface area contributed by atoms with Crippen LogP contribution in [0, 0.1) is 6.92 Å². The Morgan fingerprint density at radius 2 is 1.61 bits per heavy atom. The number of phenolic OH excluding ortho intramolecular Hbond substituents is 1. The lowest BCUT2D eigenvalue weighted by molar-refractivity contribution is 0.0697. The zero-order valence-electron chi connectivity index (χ0n) is 15.4. The molecule has 1 heterocycles. The summed E-state index contributed by atoms with van der Waals surface area (Å²) in [5.41, 5.74) is 11.5. The molecule has 0 radical (unpaired) electrons. The highest BCUT2D eigenvalue weighted by Crippen LogP contribution is 2.20. The highest BCUT2D eigenvalue weighted by Gasteiger charge is 2.01. The fourth-order valence-corrected chi connectivity index (χ4v) is 2.10. The molecule has 0 amide bonds. The number of aromatic carboxylic acids is 1. The van der Waals surface area contributed by atoms with Gasteiger partial charge >= 0.3 is 5.97 Å². The lowest BCUT2D eigenvalue weighted by Crippen LogP contribution is -2.13. The summed E-state index contributed by atoms with van der Waals surface area (Å²) in [4.78, 5) is 15.3. The fourth-order valence-electron chi connectivity index (χ4n) is 2.10. The van der Waals surface area contributed by atoms with Crippen LogP contribution >= 0.6 is 0 Å². The van der Waals surface area contributed by atoms with Gasteiger partial charge in [-0.25, -0.2) is 10.3 Å². The minimum absolute atomic E-state index is 0.0741. The average Bonchev–Trinajstić information content (AvgIpc) is 2.72. The van der Waals surface area contributed by atoms with Crippen LogP contribution in [0.2, 0.25) is 0 Å². The fraction of sp³-hybridized carbons (Fsp3) is 0.0455. The Morgan fingerprint density at radius 1 is 0.964 bits per heavy atom. The maximum absolute atomic E-state index is 10.2. The molecule has 0 bridgehead atoms. The van der Waals surface area contributed by atoms with E-state index in [-0.39, 0.29) is 11.3 Å². The number of phenols is 1. The van der Waals surface area contributed by atoms with E-state index < -0.39 is 5.97 Å². The molecule has 0 unspecified atom stereocenters. The number of aryl methyl sites for hydroxylation is 1. The number of carboxylic acid groups (broad SMARTS) is 1. The van der Waals surface area contributed by atoms with Crippen LogP contribution in [0.3, 0.4) is 0 Å². The van der Waals surface area contributed by atoms with E-state index in [1.54, 1.807) is 6.20 Å². The van der Waals surface area contributed by atoms with E-state index in [1.807, 2.05) is 61.5 Å². The minimum Gasteiger partial charge on any atom is -0.508 e. The van der Waals surface area contributed by atoms with Gasteiger partial charge in [-0.1, -0.05) is 35.9 Å². The predicted octanol–water partition coefficient (Wildman–Crippen LogP) is 4.22. The number of para-hydroxylation sites is 1. The molecule has 144 valence electrons. The number of nitrogens with one attached hydrogen (secondary N) is 1. The molecule has 0 aliphatic carbocycles. The van der Waals surface area contributed by atoms with Crippen LogP contribution in [0.5, 0.6) is 11.5 Å². The summed E-state index contributed by atoms with van der Waals surface area (Å²) in [7, 11) is 0. The molecule has 3 aromatic carbocycles. The van der Waals surface area contributed by atoms with Crippen LogP contribution in [-0.4, -0.2) is 16.2 Å². The van der Waals surface area contributed by atoms with Crippen molar-refractivity contribution in [3.05, 3.63) is 95.7 Å². The van der Waals surface area contributed by atoms with Gasteiger partial charge in [0.25, 0.3) is 0 Å². The van der Waals surface area contributed by atoms with Gasteiger partial charge in [0.05, 0.1) is 5.56 Å². The van der Waals surface area contributed by atoms with Crippen LogP contribution in [0.15, 0.2) is 79.0 Å². The molecule has 1 aliphatic heterocycles. The number of benzene rings is 3. The molecule has 5 N–H and O–H groups in total. The summed E-state index contributed by atoms with van der Waals surface area (Å²) in [5.74, 6) is -0.0324. The van der Waals surface area contributed by atoms with E-state index in [0.29, 0.717) is 0 Å². The summed E-state index contributed by atoms with van der Waals surface area (Å²) < 4.78 is 0. The molecule has 28 heavy (non-hydrogen) atoms. The number of hydrogen-bond donors (Lipinski definition) is 4. The molecular formula is C22H22N2O4. The van der Waals surface area contributed by atoms with Crippen molar-refractivity contribution in [2.75, 3.05) is 5.73 Å². The second-order valence-electron chi connectivity index (χ2n) is 5.85. The number of hydrogen-bond acceptors (Lipinski definition) is 5. The van der Waals surface area contributed by atoms with Gasteiger partial charge < -0.3 is 20.8 Å². The molecule has 0 atom stereocenters. The van der Waals surface area contributed by atoms with Crippen molar-refractivity contribution in [1.82, 2.24) is 5.48 Å². The molecule has 4 rings (SSSR count). The van der Waals surface area contributed by atoms with Gasteiger partial charge in [-0.2, -0.15) is 0 Å². The first-order chi connectivity index (χ1) is 13.5. The smallest absolute Gasteiger partial charge is 0.335 e. The monoisotopic (exact) mass is 378 g/mol. The molecule has 0 spiro atoms. The van der Waals surface area contributed by atoms with Gasteiger partial charge in [-0.3, -0.25) is 0 Å². The predicted molar refractivity (Wildman–Crippen MR) is 110 cm³/mol. The Kier molecular flexibility index (Phi) is 7.48. The number of aromatic hydroxyl groups is 1. The summed E-state index contributed by atoms with van der Waals surface area (Å²) in [5, 5.41) is 17.1.